The molecule has 1 N–H and O–H groups in total. The van der Waals surface area contributed by atoms with E-state index in [-0.39, 0.29) is 12.4 Å². The molecule has 98 valence electrons. The molecule has 2 heterocycles. The molecule has 0 saturated carbocycles. The van der Waals surface area contributed by atoms with Crippen LogP contribution in [-0.4, -0.2) is 36.1 Å². The molecule has 0 bridgehead atoms. The Hall–Kier alpha value is -0.160. The van der Waals surface area contributed by atoms with Crippen LogP contribution in [0.4, 0.5) is 0 Å². The Bertz CT molecular complexity index is 321. The van der Waals surface area contributed by atoms with Crippen LogP contribution in [0.15, 0.2) is 5.38 Å². The predicted molar refractivity (Wildman–Crippen MR) is 76.1 cm³/mol. The highest BCUT2D eigenvalue weighted by atomic mass is 35.5. The van der Waals surface area contributed by atoms with Gasteiger partial charge in [0, 0.05) is 17.1 Å². The molecule has 1 atom stereocenters. The second kappa shape index (κ2) is 7.31. The van der Waals surface area contributed by atoms with E-state index in [0.717, 1.165) is 24.8 Å². The van der Waals surface area contributed by atoms with Gasteiger partial charge in [-0.3, -0.25) is 4.90 Å². The average molecular weight is 276 g/mol. The van der Waals surface area contributed by atoms with Crippen LogP contribution >= 0.6 is 23.7 Å². The van der Waals surface area contributed by atoms with E-state index >= 15 is 0 Å². The number of hydrogen-bond donors (Lipinski definition) is 1. The zero-order valence-corrected chi connectivity index (χ0v) is 12.2. The van der Waals surface area contributed by atoms with Crippen LogP contribution in [0.5, 0.6) is 0 Å². The summed E-state index contributed by atoms with van der Waals surface area (Å²) in [5, 5.41) is 6.84. The lowest BCUT2D eigenvalue weighted by molar-refractivity contribution is 0.216. The number of nitrogens with zero attached hydrogens (tertiary/aromatic N) is 2. The summed E-state index contributed by atoms with van der Waals surface area (Å²) >= 11 is 1.78. The van der Waals surface area contributed by atoms with Gasteiger partial charge in [0.1, 0.15) is 5.01 Å². The highest BCUT2D eigenvalue weighted by molar-refractivity contribution is 7.09. The van der Waals surface area contributed by atoms with E-state index in [1.807, 2.05) is 0 Å². The summed E-state index contributed by atoms with van der Waals surface area (Å²) in [6.07, 6.45) is 3.88. The van der Waals surface area contributed by atoms with Gasteiger partial charge in [0.25, 0.3) is 0 Å². The maximum absolute atomic E-state index is 4.53. The van der Waals surface area contributed by atoms with Crippen LogP contribution < -0.4 is 5.32 Å². The van der Waals surface area contributed by atoms with Gasteiger partial charge in [0.05, 0.1) is 6.54 Å². The molecule has 1 unspecified atom stereocenters. The third-order valence-electron chi connectivity index (χ3n) is 3.22. The number of thiazole rings is 1. The van der Waals surface area contributed by atoms with E-state index in [9.17, 15) is 0 Å². The van der Waals surface area contributed by atoms with Crippen LogP contribution in [0.1, 0.15) is 30.0 Å². The molecular formula is C12H22ClN3S. The molecule has 1 aliphatic heterocycles. The fraction of sp³-hybridized carbons (Fsp3) is 0.750. The number of halogens is 1. The highest BCUT2D eigenvalue weighted by Crippen LogP contribution is 2.17. The molecular weight excluding hydrogens is 254 g/mol. The van der Waals surface area contributed by atoms with Crippen molar-refractivity contribution in [1.29, 1.82) is 0 Å². The maximum atomic E-state index is 4.53. The van der Waals surface area contributed by atoms with Crippen molar-refractivity contribution in [2.75, 3.05) is 20.1 Å². The summed E-state index contributed by atoms with van der Waals surface area (Å²) in [6, 6.07) is 0.721. The smallest absolute Gasteiger partial charge is 0.107 e. The molecule has 0 aliphatic carbocycles. The monoisotopic (exact) mass is 275 g/mol. The fourth-order valence-corrected chi connectivity index (χ4v) is 3.09. The molecule has 5 heteroatoms. The van der Waals surface area contributed by atoms with Gasteiger partial charge in [-0.05, 0) is 46.3 Å². The zero-order valence-electron chi connectivity index (χ0n) is 10.6. The third kappa shape index (κ3) is 4.54. The number of nitrogens with one attached hydrogen (secondary N) is 1. The van der Waals surface area contributed by atoms with Crippen LogP contribution in [0.3, 0.4) is 0 Å². The second-order valence-corrected chi connectivity index (χ2v) is 5.58. The minimum absolute atomic E-state index is 0. The normalized spacial score (nSPS) is 21.0. The number of aromatic nitrogens is 1. The maximum Gasteiger partial charge on any atom is 0.107 e. The number of hydrogen-bond acceptors (Lipinski definition) is 4. The number of aryl methyl sites for hydroxylation is 1. The Morgan fingerprint density at radius 1 is 1.47 bits per heavy atom. The zero-order chi connectivity index (χ0) is 11.4. The van der Waals surface area contributed by atoms with E-state index < -0.39 is 0 Å². The van der Waals surface area contributed by atoms with Gasteiger partial charge in [-0.1, -0.05) is 0 Å². The molecule has 1 aromatic rings. The van der Waals surface area contributed by atoms with Gasteiger partial charge in [-0.25, -0.2) is 4.98 Å². The lowest BCUT2D eigenvalue weighted by atomic mass is 10.1. The quantitative estimate of drug-likeness (QED) is 0.919. The van der Waals surface area contributed by atoms with Crippen molar-refractivity contribution >= 4 is 23.7 Å². The van der Waals surface area contributed by atoms with Crippen molar-refractivity contribution < 1.29 is 0 Å². The van der Waals surface area contributed by atoms with Gasteiger partial charge in [0.2, 0.25) is 0 Å². The van der Waals surface area contributed by atoms with Crippen LogP contribution in [-0.2, 0) is 6.54 Å². The molecule has 17 heavy (non-hydrogen) atoms. The van der Waals surface area contributed by atoms with Gasteiger partial charge >= 0.3 is 0 Å². The molecule has 2 rings (SSSR count). The van der Waals surface area contributed by atoms with Crippen LogP contribution in [0.25, 0.3) is 0 Å². The van der Waals surface area contributed by atoms with Crippen molar-refractivity contribution in [2.45, 2.75) is 38.8 Å². The van der Waals surface area contributed by atoms with E-state index in [1.165, 1.54) is 30.8 Å². The summed E-state index contributed by atoms with van der Waals surface area (Å²) < 4.78 is 0. The van der Waals surface area contributed by atoms with Crippen molar-refractivity contribution in [2.24, 2.45) is 0 Å². The van der Waals surface area contributed by atoms with E-state index in [2.05, 4.69) is 34.6 Å². The Balaban J connectivity index is 0.00000144. The summed E-state index contributed by atoms with van der Waals surface area (Å²) in [5.74, 6) is 0. The highest BCUT2D eigenvalue weighted by Gasteiger charge is 2.17. The summed E-state index contributed by atoms with van der Waals surface area (Å²) in [6.45, 7) is 5.41. The molecule has 0 aromatic carbocycles. The third-order valence-corrected chi connectivity index (χ3v) is 4.17. The summed E-state index contributed by atoms with van der Waals surface area (Å²) in [4.78, 5) is 6.99. The standard InChI is InChI=1S/C12H21N3S.ClH/c1-10-9-16-12(14-10)8-15(2)11-4-3-6-13-7-5-11;/h9,11,13H,3-8H2,1-2H3;1H. The second-order valence-electron chi connectivity index (χ2n) is 4.63. The molecule has 1 fully saturated rings. The average Bonchev–Trinajstić information content (AvgIpc) is 2.56. The molecule has 1 aliphatic rings. The van der Waals surface area contributed by atoms with E-state index in [4.69, 9.17) is 0 Å². The van der Waals surface area contributed by atoms with Gasteiger partial charge < -0.3 is 5.32 Å². The molecule has 1 saturated heterocycles. The first-order valence-corrected chi connectivity index (χ1v) is 6.95. The number of rotatable bonds is 3. The topological polar surface area (TPSA) is 28.2 Å². The molecule has 0 radical (unpaired) electrons. The summed E-state index contributed by atoms with van der Waals surface area (Å²) in [5.41, 5.74) is 1.15. The van der Waals surface area contributed by atoms with Crippen molar-refractivity contribution in [3.63, 3.8) is 0 Å². The van der Waals surface area contributed by atoms with Gasteiger partial charge in [-0.15, -0.1) is 23.7 Å². The van der Waals surface area contributed by atoms with Gasteiger partial charge in [-0.2, -0.15) is 0 Å². The Morgan fingerprint density at radius 3 is 3.00 bits per heavy atom. The molecule has 0 amide bonds. The van der Waals surface area contributed by atoms with Crippen LogP contribution in [0.2, 0.25) is 0 Å². The fourth-order valence-electron chi connectivity index (χ4n) is 2.26. The predicted octanol–water partition coefficient (Wildman–Crippen LogP) is 2.45. The molecule has 3 nitrogen and oxygen atoms in total. The minimum atomic E-state index is 0. The van der Waals surface area contributed by atoms with Crippen LogP contribution in [0, 0.1) is 6.92 Å². The van der Waals surface area contributed by atoms with E-state index in [1.54, 1.807) is 11.3 Å². The summed E-state index contributed by atoms with van der Waals surface area (Å²) in [7, 11) is 2.23. The minimum Gasteiger partial charge on any atom is -0.317 e. The van der Waals surface area contributed by atoms with Gasteiger partial charge in [0.15, 0.2) is 0 Å². The Labute approximate surface area is 114 Å². The van der Waals surface area contributed by atoms with Crippen molar-refractivity contribution in [3.8, 4) is 0 Å². The first-order chi connectivity index (χ1) is 7.75. The Kier molecular flexibility index (Phi) is 6.41. The Morgan fingerprint density at radius 2 is 2.29 bits per heavy atom. The molecule has 1 aromatic heterocycles. The van der Waals surface area contributed by atoms with E-state index in [0.29, 0.717) is 0 Å². The molecule has 0 spiro atoms. The van der Waals surface area contributed by atoms with Crippen molar-refractivity contribution in [3.05, 3.63) is 16.1 Å². The lowest BCUT2D eigenvalue weighted by Gasteiger charge is -2.25. The first-order valence-electron chi connectivity index (χ1n) is 6.07. The lowest BCUT2D eigenvalue weighted by Crippen LogP contribution is -2.31. The van der Waals surface area contributed by atoms with Crippen molar-refractivity contribution in [1.82, 2.24) is 15.2 Å². The largest absolute Gasteiger partial charge is 0.317 e. The first kappa shape index (κ1) is 14.9. The SMILES string of the molecule is Cc1csc(CN(C)C2CCCNCC2)n1.Cl.